The van der Waals surface area contributed by atoms with Crippen molar-refractivity contribution in [3.05, 3.63) is 22.7 Å². The van der Waals surface area contributed by atoms with Crippen molar-refractivity contribution >= 4 is 11.6 Å². The molecule has 0 amide bonds. The molecule has 0 radical (unpaired) electrons. The summed E-state index contributed by atoms with van der Waals surface area (Å²) in [5.74, 6) is -0.201. The highest BCUT2D eigenvalue weighted by molar-refractivity contribution is 6.29. The van der Waals surface area contributed by atoms with Crippen LogP contribution < -0.4 is 0 Å². The van der Waals surface area contributed by atoms with E-state index < -0.39 is 6.85 Å². The Balaban J connectivity index is 3.18. The van der Waals surface area contributed by atoms with Crippen LogP contribution in [-0.2, 0) is 0 Å². The van der Waals surface area contributed by atoms with E-state index in [0.29, 0.717) is 5.69 Å². The third kappa shape index (κ3) is 1.64. The third-order valence-corrected chi connectivity index (χ3v) is 1.02. The smallest absolute Gasteiger partial charge is 0.133 e. The third-order valence-electron chi connectivity index (χ3n) is 0.823. The van der Waals surface area contributed by atoms with Crippen molar-refractivity contribution in [1.82, 2.24) is 9.97 Å². The first-order valence-electron chi connectivity index (χ1n) is 3.91. The second-order valence-corrected chi connectivity index (χ2v) is 2.04. The number of hydrogen-bond donors (Lipinski definition) is 0. The molecular formula is C6H7ClN2. The van der Waals surface area contributed by atoms with E-state index in [4.69, 9.17) is 15.7 Å². The van der Waals surface area contributed by atoms with E-state index in [-0.39, 0.29) is 11.0 Å². The van der Waals surface area contributed by atoms with Gasteiger partial charge in [0.05, 0.1) is 0 Å². The summed E-state index contributed by atoms with van der Waals surface area (Å²) in [4.78, 5) is 7.34. The molecule has 48 valence electrons. The lowest BCUT2D eigenvalue weighted by atomic mass is 10.4. The van der Waals surface area contributed by atoms with Gasteiger partial charge in [-0.15, -0.1) is 0 Å². The van der Waals surface area contributed by atoms with E-state index >= 15 is 0 Å². The summed E-state index contributed by atoms with van der Waals surface area (Å²) >= 11 is 5.56. The maximum absolute atomic E-state index is 7.02. The van der Waals surface area contributed by atoms with Gasteiger partial charge >= 0.3 is 0 Å². The van der Waals surface area contributed by atoms with Crippen molar-refractivity contribution in [2.24, 2.45) is 0 Å². The van der Waals surface area contributed by atoms with Gasteiger partial charge in [-0.1, -0.05) is 11.6 Å². The topological polar surface area (TPSA) is 25.8 Å². The molecule has 0 saturated heterocycles. The van der Waals surface area contributed by atoms with Crippen LogP contribution in [0.1, 0.15) is 15.6 Å². The predicted molar refractivity (Wildman–Crippen MR) is 36.5 cm³/mol. The summed E-state index contributed by atoms with van der Waals surface area (Å²) < 4.78 is 21.0. The number of aryl methyl sites for hydroxylation is 2. The van der Waals surface area contributed by atoms with Crippen LogP contribution in [0.15, 0.2) is 6.07 Å². The van der Waals surface area contributed by atoms with Crippen LogP contribution in [0.4, 0.5) is 0 Å². The van der Waals surface area contributed by atoms with E-state index in [1.165, 1.54) is 6.07 Å². The van der Waals surface area contributed by atoms with Gasteiger partial charge in [-0.05, 0) is 19.8 Å². The van der Waals surface area contributed by atoms with Crippen LogP contribution in [0, 0.1) is 13.8 Å². The first-order valence-corrected chi connectivity index (χ1v) is 2.79. The minimum absolute atomic E-state index is 0.161. The lowest BCUT2D eigenvalue weighted by Crippen LogP contribution is -1.89. The standard InChI is InChI=1S/C6H7ClN2/c1-4-3-6(7)9-5(2)8-4/h3H,1-2H3/i2D3. The van der Waals surface area contributed by atoms with Crippen molar-refractivity contribution < 1.29 is 4.11 Å². The summed E-state index contributed by atoms with van der Waals surface area (Å²) in [6.45, 7) is -0.613. The average Bonchev–Trinajstić information content (AvgIpc) is 1.82. The first kappa shape index (κ1) is 3.52. The molecule has 1 aromatic heterocycles. The van der Waals surface area contributed by atoms with E-state index in [1.807, 2.05) is 0 Å². The zero-order chi connectivity index (χ0) is 9.35. The first-order chi connectivity index (χ1) is 5.39. The van der Waals surface area contributed by atoms with Gasteiger partial charge in [-0.3, -0.25) is 0 Å². The Kier molecular flexibility index (Phi) is 0.904. The number of halogens is 1. The molecule has 1 rings (SSSR count). The Morgan fingerprint density at radius 3 is 3.00 bits per heavy atom. The molecule has 0 unspecified atom stereocenters. The van der Waals surface area contributed by atoms with E-state index in [1.54, 1.807) is 6.92 Å². The molecule has 0 atom stereocenters. The van der Waals surface area contributed by atoms with Crippen LogP contribution in [-0.4, -0.2) is 9.97 Å². The highest BCUT2D eigenvalue weighted by Gasteiger charge is 1.92. The fourth-order valence-electron chi connectivity index (χ4n) is 0.530. The molecule has 0 spiro atoms. The maximum atomic E-state index is 7.02. The van der Waals surface area contributed by atoms with Gasteiger partial charge in [0.1, 0.15) is 11.0 Å². The molecule has 0 aliphatic heterocycles. The lowest BCUT2D eigenvalue weighted by molar-refractivity contribution is 1.01. The molecule has 0 aliphatic carbocycles. The van der Waals surface area contributed by atoms with Crippen LogP contribution in [0.2, 0.25) is 5.15 Å². The molecule has 0 aromatic carbocycles. The molecule has 0 aliphatic rings. The summed E-state index contributed by atoms with van der Waals surface area (Å²) in [5.41, 5.74) is 0.557. The average molecular weight is 146 g/mol. The Bertz CT molecular complexity index is 277. The number of nitrogens with zero attached hydrogens (tertiary/aromatic N) is 2. The Morgan fingerprint density at radius 1 is 1.67 bits per heavy atom. The largest absolute Gasteiger partial charge is 0.238 e. The lowest BCUT2D eigenvalue weighted by Gasteiger charge is -1.93. The summed E-state index contributed by atoms with van der Waals surface area (Å²) in [5, 5.41) is 0.161. The molecule has 0 bridgehead atoms. The van der Waals surface area contributed by atoms with Gasteiger partial charge in [-0.25, -0.2) is 9.97 Å². The number of hydrogen-bond acceptors (Lipinski definition) is 2. The molecule has 9 heavy (non-hydrogen) atoms. The Labute approximate surface area is 63.1 Å². The normalized spacial score (nSPS) is 16.0. The zero-order valence-corrected chi connectivity index (χ0v) is 5.61. The van der Waals surface area contributed by atoms with Gasteiger partial charge in [0, 0.05) is 9.81 Å². The second kappa shape index (κ2) is 2.31. The van der Waals surface area contributed by atoms with Gasteiger partial charge in [0.2, 0.25) is 0 Å². The van der Waals surface area contributed by atoms with E-state index in [2.05, 4.69) is 9.97 Å². The van der Waals surface area contributed by atoms with Crippen molar-refractivity contribution in [3.63, 3.8) is 0 Å². The predicted octanol–water partition coefficient (Wildman–Crippen LogP) is 1.75. The molecule has 0 fully saturated rings. The van der Waals surface area contributed by atoms with Crippen LogP contribution >= 0.6 is 11.6 Å². The Hall–Kier alpha value is -0.630. The molecule has 2 nitrogen and oxygen atoms in total. The SMILES string of the molecule is [2H]C([2H])([2H])c1nc(C)cc(Cl)n1. The van der Waals surface area contributed by atoms with Gasteiger partial charge in [-0.2, -0.15) is 0 Å². The molecule has 1 heterocycles. The highest BCUT2D eigenvalue weighted by atomic mass is 35.5. The van der Waals surface area contributed by atoms with Crippen molar-refractivity contribution in [3.8, 4) is 0 Å². The fraction of sp³-hybridized carbons (Fsp3) is 0.333. The fourth-order valence-corrected chi connectivity index (χ4v) is 0.768. The van der Waals surface area contributed by atoms with Crippen LogP contribution in [0.5, 0.6) is 0 Å². The minimum Gasteiger partial charge on any atom is -0.238 e. The van der Waals surface area contributed by atoms with Gasteiger partial charge < -0.3 is 0 Å². The van der Waals surface area contributed by atoms with Crippen LogP contribution in [0.25, 0.3) is 0 Å². The zero-order valence-electron chi connectivity index (χ0n) is 7.85. The number of rotatable bonds is 0. The van der Waals surface area contributed by atoms with E-state index in [0.717, 1.165) is 0 Å². The molecular weight excluding hydrogens is 136 g/mol. The quantitative estimate of drug-likeness (QED) is 0.520. The molecule has 3 heteroatoms. The van der Waals surface area contributed by atoms with E-state index in [9.17, 15) is 0 Å². The summed E-state index contributed by atoms with van der Waals surface area (Å²) in [6, 6.07) is 1.51. The minimum atomic E-state index is -2.28. The summed E-state index contributed by atoms with van der Waals surface area (Å²) in [6.07, 6.45) is 0. The van der Waals surface area contributed by atoms with Crippen molar-refractivity contribution in [1.29, 1.82) is 0 Å². The van der Waals surface area contributed by atoms with Gasteiger partial charge in [0.15, 0.2) is 0 Å². The monoisotopic (exact) mass is 145 g/mol. The number of aromatic nitrogens is 2. The molecule has 1 aromatic rings. The molecule has 0 N–H and O–H groups in total. The second-order valence-electron chi connectivity index (χ2n) is 1.66. The summed E-state index contributed by atoms with van der Waals surface area (Å²) in [7, 11) is 0. The van der Waals surface area contributed by atoms with Crippen LogP contribution in [0.3, 0.4) is 0 Å². The van der Waals surface area contributed by atoms with Crippen molar-refractivity contribution in [2.75, 3.05) is 0 Å². The van der Waals surface area contributed by atoms with Gasteiger partial charge in [0.25, 0.3) is 0 Å². The Morgan fingerprint density at radius 2 is 2.44 bits per heavy atom. The molecule has 0 saturated carbocycles. The maximum Gasteiger partial charge on any atom is 0.133 e. The van der Waals surface area contributed by atoms with Crippen molar-refractivity contribution in [2.45, 2.75) is 13.8 Å². The highest BCUT2D eigenvalue weighted by Crippen LogP contribution is 2.04.